The fourth-order valence-corrected chi connectivity index (χ4v) is 4.65. The first kappa shape index (κ1) is 27.9. The molecule has 1 saturated heterocycles. The van der Waals surface area contributed by atoms with Gasteiger partial charge in [-0.3, -0.25) is 4.79 Å². The fourth-order valence-electron chi connectivity index (χ4n) is 3.79. The summed E-state index contributed by atoms with van der Waals surface area (Å²) in [4.78, 5) is 26.8. The number of hydrogen-bond acceptors (Lipinski definition) is 6. The molecule has 0 radical (unpaired) electrons. The van der Waals surface area contributed by atoms with Crippen LogP contribution >= 0.6 is 23.7 Å². The lowest BCUT2D eigenvalue weighted by molar-refractivity contribution is -0.152. The Labute approximate surface area is 207 Å². The summed E-state index contributed by atoms with van der Waals surface area (Å²) in [6.45, 7) is 2.46. The third kappa shape index (κ3) is 8.81. The van der Waals surface area contributed by atoms with Gasteiger partial charge in [-0.15, -0.1) is 23.7 Å². The molecule has 1 aromatic carbocycles. The molecule has 2 N–H and O–H groups in total. The number of rotatable bonds is 11. The van der Waals surface area contributed by atoms with Crippen LogP contribution in [0.15, 0.2) is 42.5 Å². The predicted molar refractivity (Wildman–Crippen MR) is 129 cm³/mol. The Hall–Kier alpha value is -2.30. The van der Waals surface area contributed by atoms with E-state index in [9.17, 15) is 22.8 Å². The van der Waals surface area contributed by atoms with Crippen molar-refractivity contribution in [2.75, 3.05) is 31.6 Å². The molecule has 0 saturated carbocycles. The van der Waals surface area contributed by atoms with Crippen molar-refractivity contribution in [2.24, 2.45) is 5.92 Å². The van der Waals surface area contributed by atoms with Gasteiger partial charge in [-0.05, 0) is 44.2 Å². The third-order valence-electron chi connectivity index (χ3n) is 5.41. The first-order chi connectivity index (χ1) is 15.7. The standard InChI is InChI=1S/C23H28F3N3O3S.ClH/c1-16(20-7-8-21(33-20)32-15-23(24,25)26)27-22(31)17-9-11-29(13-17)14-19(10-12-30)28-18-5-3-2-4-6-18;/h2-8,12,16-17,19,28H,9-11,13-15H2,1H3,(H,27,31);1H/t16?,17-,19?;/m1./s1. The molecule has 1 aromatic heterocycles. The number of thiophene rings is 1. The summed E-state index contributed by atoms with van der Waals surface area (Å²) in [7, 11) is 0. The normalized spacial score (nSPS) is 17.9. The fraction of sp³-hybridized carbons (Fsp3) is 0.478. The minimum Gasteiger partial charge on any atom is -0.475 e. The van der Waals surface area contributed by atoms with Crippen molar-refractivity contribution in [1.29, 1.82) is 0 Å². The van der Waals surface area contributed by atoms with Crippen molar-refractivity contribution in [3.8, 4) is 5.06 Å². The number of benzene rings is 1. The summed E-state index contributed by atoms with van der Waals surface area (Å²) in [5, 5.41) is 6.50. The van der Waals surface area contributed by atoms with Gasteiger partial charge in [-0.25, -0.2) is 0 Å². The van der Waals surface area contributed by atoms with Gasteiger partial charge in [0.05, 0.1) is 12.0 Å². The highest BCUT2D eigenvalue weighted by molar-refractivity contribution is 7.13. The largest absolute Gasteiger partial charge is 0.475 e. The maximum absolute atomic E-state index is 12.8. The van der Waals surface area contributed by atoms with Crippen molar-refractivity contribution in [3.05, 3.63) is 47.3 Å². The van der Waals surface area contributed by atoms with Crippen molar-refractivity contribution in [3.63, 3.8) is 0 Å². The Morgan fingerprint density at radius 1 is 1.26 bits per heavy atom. The monoisotopic (exact) mass is 519 g/mol. The molecule has 3 rings (SSSR count). The van der Waals surface area contributed by atoms with Gasteiger partial charge in [0.25, 0.3) is 0 Å². The Bertz CT molecular complexity index is 914. The van der Waals surface area contributed by atoms with Crippen LogP contribution in [0.5, 0.6) is 5.06 Å². The van der Waals surface area contributed by atoms with E-state index in [2.05, 4.69) is 15.5 Å². The number of anilines is 1. The van der Waals surface area contributed by atoms with E-state index >= 15 is 0 Å². The van der Waals surface area contributed by atoms with Crippen LogP contribution in [-0.4, -0.2) is 55.6 Å². The van der Waals surface area contributed by atoms with Gasteiger partial charge < -0.3 is 25.1 Å². The lowest BCUT2D eigenvalue weighted by atomic mass is 10.1. The number of aldehydes is 1. The number of halogens is 4. The quantitative estimate of drug-likeness (QED) is 0.422. The summed E-state index contributed by atoms with van der Waals surface area (Å²) in [5.41, 5.74) is 0.946. The van der Waals surface area contributed by atoms with Crippen LogP contribution in [-0.2, 0) is 9.59 Å². The summed E-state index contributed by atoms with van der Waals surface area (Å²) >= 11 is 1.09. The van der Waals surface area contributed by atoms with E-state index in [-0.39, 0.29) is 41.4 Å². The maximum atomic E-state index is 12.8. The van der Waals surface area contributed by atoms with E-state index < -0.39 is 12.8 Å². The molecule has 2 aromatic rings. The predicted octanol–water partition coefficient (Wildman–Crippen LogP) is 4.68. The molecule has 2 heterocycles. The second kappa shape index (κ2) is 13.0. The number of carbonyl (C=O) groups is 2. The Kier molecular flexibility index (Phi) is 10.7. The molecule has 0 spiro atoms. The third-order valence-corrected chi connectivity index (χ3v) is 6.59. The number of carbonyl (C=O) groups excluding carboxylic acids is 2. The molecule has 11 heteroatoms. The average molecular weight is 520 g/mol. The molecule has 34 heavy (non-hydrogen) atoms. The number of para-hydroxylation sites is 1. The SMILES string of the molecule is CC(NC(=O)[C@@H]1CCN(CC(CC=O)Nc2ccccc2)C1)c1ccc(OCC(F)(F)F)s1.Cl. The lowest BCUT2D eigenvalue weighted by Gasteiger charge is -2.24. The highest BCUT2D eigenvalue weighted by Crippen LogP contribution is 2.31. The zero-order chi connectivity index (χ0) is 23.8. The molecule has 188 valence electrons. The molecule has 0 bridgehead atoms. The number of ether oxygens (including phenoxy) is 1. The maximum Gasteiger partial charge on any atom is 0.422 e. The summed E-state index contributed by atoms with van der Waals surface area (Å²) in [5.74, 6) is -0.263. The first-order valence-electron chi connectivity index (χ1n) is 10.8. The van der Waals surface area contributed by atoms with E-state index in [1.165, 1.54) is 6.07 Å². The van der Waals surface area contributed by atoms with Gasteiger partial charge in [0.15, 0.2) is 11.7 Å². The molecule has 1 aliphatic heterocycles. The van der Waals surface area contributed by atoms with Crippen LogP contribution < -0.4 is 15.4 Å². The zero-order valence-corrected chi connectivity index (χ0v) is 20.3. The number of alkyl halides is 3. The van der Waals surface area contributed by atoms with Crippen molar-refractivity contribution in [2.45, 2.75) is 38.0 Å². The topological polar surface area (TPSA) is 70.7 Å². The van der Waals surface area contributed by atoms with Crippen LogP contribution in [0.3, 0.4) is 0 Å². The minimum absolute atomic E-state index is 0. The van der Waals surface area contributed by atoms with Gasteiger partial charge in [0.1, 0.15) is 6.29 Å². The molecule has 1 aliphatic rings. The summed E-state index contributed by atoms with van der Waals surface area (Å²) in [6.07, 6.45) is -2.41. The second-order valence-corrected chi connectivity index (χ2v) is 9.22. The average Bonchev–Trinajstić information content (AvgIpc) is 3.42. The number of nitrogens with one attached hydrogen (secondary N) is 2. The molecule has 1 fully saturated rings. The lowest BCUT2D eigenvalue weighted by Crippen LogP contribution is -2.38. The number of hydrogen-bond donors (Lipinski definition) is 2. The molecular weight excluding hydrogens is 491 g/mol. The van der Waals surface area contributed by atoms with E-state index in [1.807, 2.05) is 30.3 Å². The van der Waals surface area contributed by atoms with Crippen LogP contribution in [0.25, 0.3) is 0 Å². The van der Waals surface area contributed by atoms with Crippen LogP contribution in [0, 0.1) is 5.92 Å². The molecule has 6 nitrogen and oxygen atoms in total. The van der Waals surface area contributed by atoms with E-state index in [4.69, 9.17) is 4.74 Å². The van der Waals surface area contributed by atoms with Crippen LogP contribution in [0.4, 0.5) is 18.9 Å². The van der Waals surface area contributed by atoms with Gasteiger partial charge in [0.2, 0.25) is 5.91 Å². The molecule has 2 unspecified atom stereocenters. The van der Waals surface area contributed by atoms with Crippen molar-refractivity contribution in [1.82, 2.24) is 10.2 Å². The Morgan fingerprint density at radius 3 is 2.68 bits per heavy atom. The summed E-state index contributed by atoms with van der Waals surface area (Å²) in [6, 6.07) is 12.5. The highest BCUT2D eigenvalue weighted by atomic mass is 35.5. The molecule has 1 amide bonds. The Balaban J connectivity index is 0.00000408. The number of amides is 1. The second-order valence-electron chi connectivity index (χ2n) is 8.15. The Morgan fingerprint density at radius 2 is 2.00 bits per heavy atom. The van der Waals surface area contributed by atoms with Crippen LogP contribution in [0.2, 0.25) is 0 Å². The van der Waals surface area contributed by atoms with Crippen molar-refractivity contribution >= 4 is 41.6 Å². The number of nitrogens with zero attached hydrogens (tertiary/aromatic N) is 1. The molecule has 3 atom stereocenters. The van der Waals surface area contributed by atoms with E-state index in [0.29, 0.717) is 25.9 Å². The molecular formula is C23H29ClF3N3O3S. The first-order valence-corrected chi connectivity index (χ1v) is 11.6. The van der Waals surface area contributed by atoms with E-state index in [0.717, 1.165) is 34.7 Å². The summed E-state index contributed by atoms with van der Waals surface area (Å²) < 4.78 is 41.7. The molecule has 0 aliphatic carbocycles. The smallest absolute Gasteiger partial charge is 0.422 e. The van der Waals surface area contributed by atoms with E-state index in [1.54, 1.807) is 13.0 Å². The highest BCUT2D eigenvalue weighted by Gasteiger charge is 2.31. The van der Waals surface area contributed by atoms with Gasteiger partial charge >= 0.3 is 6.18 Å². The zero-order valence-electron chi connectivity index (χ0n) is 18.7. The van der Waals surface area contributed by atoms with Crippen LogP contribution in [0.1, 0.15) is 30.7 Å². The van der Waals surface area contributed by atoms with Gasteiger partial charge in [-0.2, -0.15) is 13.2 Å². The van der Waals surface area contributed by atoms with Gasteiger partial charge in [0, 0.05) is 36.1 Å². The van der Waals surface area contributed by atoms with Crippen molar-refractivity contribution < 1.29 is 27.5 Å². The van der Waals surface area contributed by atoms with Gasteiger partial charge in [-0.1, -0.05) is 18.2 Å². The number of likely N-dealkylation sites (tertiary alicyclic amines) is 1. The minimum atomic E-state index is -4.39.